The van der Waals surface area contributed by atoms with Gasteiger partial charge in [-0.15, -0.1) is 0 Å². The lowest BCUT2D eigenvalue weighted by atomic mass is 9.99. The number of ketones is 1. The molecule has 0 bridgehead atoms. The summed E-state index contributed by atoms with van der Waals surface area (Å²) in [6, 6.07) is 5.47. The van der Waals surface area contributed by atoms with Crippen molar-refractivity contribution in [2.75, 3.05) is 0 Å². The van der Waals surface area contributed by atoms with E-state index in [0.717, 1.165) is 10.2 Å². The Morgan fingerprint density at radius 3 is 3.06 bits per heavy atom. The maximum absolute atomic E-state index is 12.1. The summed E-state index contributed by atoms with van der Waals surface area (Å²) in [5.41, 5.74) is 1.56. The highest BCUT2D eigenvalue weighted by Gasteiger charge is 2.29. The van der Waals surface area contributed by atoms with Crippen LogP contribution in [-0.2, 0) is 7.05 Å². The first-order valence-electron chi connectivity index (χ1n) is 5.61. The van der Waals surface area contributed by atoms with Crippen molar-refractivity contribution in [1.82, 2.24) is 9.55 Å². The minimum absolute atomic E-state index is 0.106. The van der Waals surface area contributed by atoms with E-state index in [1.54, 1.807) is 18.6 Å². The lowest BCUT2D eigenvalue weighted by molar-refractivity contribution is 0.0841. The van der Waals surface area contributed by atoms with Crippen LogP contribution in [0.4, 0.5) is 0 Å². The number of hydrogen-bond donors (Lipinski definition) is 0. The summed E-state index contributed by atoms with van der Waals surface area (Å²) in [6.45, 7) is 0. The van der Waals surface area contributed by atoms with Crippen LogP contribution < -0.4 is 4.74 Å². The second-order valence-electron chi connectivity index (χ2n) is 4.30. The molecule has 2 aromatic rings. The number of aryl methyl sites for hydroxylation is 1. The third-order valence-electron chi connectivity index (χ3n) is 3.07. The zero-order valence-electron chi connectivity index (χ0n) is 9.76. The molecule has 1 aliphatic rings. The van der Waals surface area contributed by atoms with Crippen molar-refractivity contribution in [3.8, 4) is 5.75 Å². The molecule has 1 aromatic heterocycles. The summed E-state index contributed by atoms with van der Waals surface area (Å²) in [4.78, 5) is 16.1. The van der Waals surface area contributed by atoms with Gasteiger partial charge in [-0.2, -0.15) is 0 Å². The van der Waals surface area contributed by atoms with Crippen molar-refractivity contribution in [1.29, 1.82) is 0 Å². The fourth-order valence-corrected chi connectivity index (χ4v) is 2.48. The van der Waals surface area contributed by atoms with Gasteiger partial charge in [-0.3, -0.25) is 4.79 Å². The number of benzene rings is 1. The monoisotopic (exact) mass is 306 g/mol. The number of halogens is 1. The first kappa shape index (κ1) is 11.5. The van der Waals surface area contributed by atoms with Gasteiger partial charge in [-0.05, 0) is 18.2 Å². The topological polar surface area (TPSA) is 44.1 Å². The summed E-state index contributed by atoms with van der Waals surface area (Å²) in [5.74, 6) is 0.738. The van der Waals surface area contributed by atoms with Crippen molar-refractivity contribution >= 4 is 21.7 Å². The first-order valence-corrected chi connectivity index (χ1v) is 6.40. The summed E-state index contributed by atoms with van der Waals surface area (Å²) >= 11 is 3.38. The number of fused-ring (bicyclic) bond motifs is 1. The van der Waals surface area contributed by atoms with Gasteiger partial charge in [0, 0.05) is 11.5 Å². The van der Waals surface area contributed by atoms with Gasteiger partial charge >= 0.3 is 0 Å². The Balaban J connectivity index is 2.01. The van der Waals surface area contributed by atoms with Gasteiger partial charge < -0.3 is 9.30 Å². The maximum Gasteiger partial charge on any atom is 0.170 e. The molecule has 18 heavy (non-hydrogen) atoms. The standard InChI is InChI=1S/C13H11BrN2O2/c1-16-7-15-6-10(16)13-5-11(17)9-3-2-8(14)4-12(9)18-13/h2-4,6-7,13H,5H2,1H3. The lowest BCUT2D eigenvalue weighted by Crippen LogP contribution is -2.22. The predicted octanol–water partition coefficient (Wildman–Crippen LogP) is 2.89. The first-order chi connectivity index (χ1) is 8.65. The molecule has 2 heterocycles. The molecular weight excluding hydrogens is 296 g/mol. The summed E-state index contributed by atoms with van der Waals surface area (Å²) < 4.78 is 8.68. The van der Waals surface area contributed by atoms with Crippen LogP contribution in [0, 0.1) is 0 Å². The quantitative estimate of drug-likeness (QED) is 0.813. The van der Waals surface area contributed by atoms with E-state index in [-0.39, 0.29) is 11.9 Å². The third kappa shape index (κ3) is 1.84. The van der Waals surface area contributed by atoms with Crippen LogP contribution >= 0.6 is 15.9 Å². The largest absolute Gasteiger partial charge is 0.483 e. The molecule has 0 saturated heterocycles. The molecule has 0 radical (unpaired) electrons. The Hall–Kier alpha value is -1.62. The number of ether oxygens (including phenoxy) is 1. The van der Waals surface area contributed by atoms with Gasteiger partial charge in [0.25, 0.3) is 0 Å². The Kier molecular flexibility index (Phi) is 2.70. The molecule has 5 heteroatoms. The number of rotatable bonds is 1. The molecule has 1 aromatic carbocycles. The second-order valence-corrected chi connectivity index (χ2v) is 5.22. The van der Waals surface area contributed by atoms with Crippen molar-refractivity contribution in [3.05, 3.63) is 46.5 Å². The van der Waals surface area contributed by atoms with Crippen LogP contribution in [0.5, 0.6) is 5.75 Å². The van der Waals surface area contributed by atoms with Gasteiger partial charge in [-0.1, -0.05) is 15.9 Å². The normalized spacial score (nSPS) is 18.3. The number of hydrogen-bond acceptors (Lipinski definition) is 3. The van der Waals surface area contributed by atoms with Crippen molar-refractivity contribution < 1.29 is 9.53 Å². The van der Waals surface area contributed by atoms with Gasteiger partial charge in [0.1, 0.15) is 11.9 Å². The van der Waals surface area contributed by atoms with E-state index in [4.69, 9.17) is 4.74 Å². The highest BCUT2D eigenvalue weighted by atomic mass is 79.9. The van der Waals surface area contributed by atoms with E-state index in [1.807, 2.05) is 23.7 Å². The number of Topliss-reactive ketones (excluding diaryl/α,β-unsaturated/α-hetero) is 1. The van der Waals surface area contributed by atoms with Crippen LogP contribution in [0.1, 0.15) is 28.6 Å². The molecule has 1 atom stereocenters. The van der Waals surface area contributed by atoms with Crippen molar-refractivity contribution in [2.24, 2.45) is 7.05 Å². The van der Waals surface area contributed by atoms with E-state index in [2.05, 4.69) is 20.9 Å². The predicted molar refractivity (Wildman–Crippen MR) is 69.7 cm³/mol. The fraction of sp³-hybridized carbons (Fsp3) is 0.231. The van der Waals surface area contributed by atoms with E-state index in [1.165, 1.54) is 0 Å². The van der Waals surface area contributed by atoms with Gasteiger partial charge in [0.2, 0.25) is 0 Å². The Bertz CT molecular complexity index is 621. The smallest absolute Gasteiger partial charge is 0.170 e. The molecule has 4 nitrogen and oxygen atoms in total. The van der Waals surface area contributed by atoms with Gasteiger partial charge in [-0.25, -0.2) is 4.98 Å². The molecule has 0 saturated carbocycles. The molecule has 3 rings (SSSR count). The van der Waals surface area contributed by atoms with Crippen LogP contribution in [0.3, 0.4) is 0 Å². The molecule has 0 N–H and O–H groups in total. The van der Waals surface area contributed by atoms with Crippen molar-refractivity contribution in [3.63, 3.8) is 0 Å². The van der Waals surface area contributed by atoms with Gasteiger partial charge in [0.15, 0.2) is 5.78 Å². The number of imidazole rings is 1. The zero-order valence-corrected chi connectivity index (χ0v) is 11.3. The van der Waals surface area contributed by atoms with Crippen LogP contribution in [0.15, 0.2) is 35.2 Å². The molecule has 1 unspecified atom stereocenters. The number of nitrogens with zero attached hydrogens (tertiary/aromatic N) is 2. The minimum Gasteiger partial charge on any atom is -0.483 e. The van der Waals surface area contributed by atoms with E-state index >= 15 is 0 Å². The molecule has 1 aliphatic heterocycles. The number of carbonyl (C=O) groups is 1. The molecule has 0 fully saturated rings. The van der Waals surface area contributed by atoms with Crippen LogP contribution in [-0.4, -0.2) is 15.3 Å². The molecular formula is C13H11BrN2O2. The Labute approximate surface area is 113 Å². The maximum atomic E-state index is 12.1. The molecule has 92 valence electrons. The van der Waals surface area contributed by atoms with Crippen LogP contribution in [0.2, 0.25) is 0 Å². The number of carbonyl (C=O) groups excluding carboxylic acids is 1. The van der Waals surface area contributed by atoms with E-state index in [9.17, 15) is 4.79 Å². The molecule has 0 amide bonds. The number of aromatic nitrogens is 2. The van der Waals surface area contributed by atoms with E-state index in [0.29, 0.717) is 17.7 Å². The zero-order chi connectivity index (χ0) is 12.7. The minimum atomic E-state index is -0.258. The summed E-state index contributed by atoms with van der Waals surface area (Å²) in [5, 5.41) is 0. The Morgan fingerprint density at radius 1 is 1.50 bits per heavy atom. The average molecular weight is 307 g/mol. The second kappa shape index (κ2) is 4.24. The fourth-order valence-electron chi connectivity index (χ4n) is 2.14. The third-order valence-corrected chi connectivity index (χ3v) is 3.56. The van der Waals surface area contributed by atoms with Crippen LogP contribution in [0.25, 0.3) is 0 Å². The Morgan fingerprint density at radius 2 is 2.33 bits per heavy atom. The lowest BCUT2D eigenvalue weighted by Gasteiger charge is -2.25. The van der Waals surface area contributed by atoms with Crippen molar-refractivity contribution in [2.45, 2.75) is 12.5 Å². The van der Waals surface area contributed by atoms with E-state index < -0.39 is 0 Å². The highest BCUT2D eigenvalue weighted by Crippen LogP contribution is 2.36. The summed E-state index contributed by atoms with van der Waals surface area (Å²) in [6.07, 6.45) is 3.54. The molecule has 0 spiro atoms. The average Bonchev–Trinajstić information content (AvgIpc) is 2.74. The summed E-state index contributed by atoms with van der Waals surface area (Å²) in [7, 11) is 1.90. The SMILES string of the molecule is Cn1cncc1C1CC(=O)c2ccc(Br)cc2O1. The molecule has 0 aliphatic carbocycles. The van der Waals surface area contributed by atoms with Gasteiger partial charge in [0.05, 0.1) is 30.2 Å². The highest BCUT2D eigenvalue weighted by molar-refractivity contribution is 9.10.